The Labute approximate surface area is 67.0 Å². The van der Waals surface area contributed by atoms with Crippen molar-refractivity contribution >= 4 is 0 Å². The molecule has 0 radical (unpaired) electrons. The molecular formula is C7H6F3NO. The Morgan fingerprint density at radius 3 is 2.58 bits per heavy atom. The first kappa shape index (κ1) is 8.83. The molecule has 1 heterocycles. The molecule has 0 saturated heterocycles. The molecule has 0 N–H and O–H groups in total. The fourth-order valence-electron chi connectivity index (χ4n) is 0.588. The molecule has 5 heteroatoms. The van der Waals surface area contributed by atoms with Gasteiger partial charge in [0.2, 0.25) is 5.88 Å². The van der Waals surface area contributed by atoms with Gasteiger partial charge < -0.3 is 4.74 Å². The van der Waals surface area contributed by atoms with Crippen LogP contribution in [-0.4, -0.2) is 17.8 Å². The first-order valence-electron chi connectivity index (χ1n) is 3.18. The molecule has 0 amide bonds. The topological polar surface area (TPSA) is 22.1 Å². The largest absolute Gasteiger partial charge is 0.468 e. The predicted octanol–water partition coefficient (Wildman–Crippen LogP) is 2.02. The van der Waals surface area contributed by atoms with Crippen LogP contribution in [0.1, 0.15) is 0 Å². The summed E-state index contributed by atoms with van der Waals surface area (Å²) in [5.74, 6) is -0.0187. The van der Waals surface area contributed by atoms with Gasteiger partial charge >= 0.3 is 6.18 Å². The molecule has 1 aromatic heterocycles. The quantitative estimate of drug-likeness (QED) is 0.689. The smallest absolute Gasteiger partial charge is 0.422 e. The number of alkyl halides is 3. The first-order chi connectivity index (χ1) is 5.58. The SMILES string of the molecule is FC(F)(F)COc1ccccn1. The molecule has 0 bridgehead atoms. The summed E-state index contributed by atoms with van der Waals surface area (Å²) in [6.07, 6.45) is -2.94. The summed E-state index contributed by atoms with van der Waals surface area (Å²) in [6.45, 7) is -1.30. The highest BCUT2D eigenvalue weighted by Gasteiger charge is 2.28. The van der Waals surface area contributed by atoms with E-state index in [0.29, 0.717) is 0 Å². The van der Waals surface area contributed by atoms with Crippen molar-refractivity contribution in [3.05, 3.63) is 24.4 Å². The normalized spacial score (nSPS) is 11.2. The van der Waals surface area contributed by atoms with Crippen LogP contribution in [0.4, 0.5) is 13.2 Å². The van der Waals surface area contributed by atoms with Gasteiger partial charge in [0, 0.05) is 12.3 Å². The Balaban J connectivity index is 2.44. The van der Waals surface area contributed by atoms with Crippen LogP contribution in [0, 0.1) is 0 Å². The van der Waals surface area contributed by atoms with Gasteiger partial charge in [-0.25, -0.2) is 4.98 Å². The zero-order valence-electron chi connectivity index (χ0n) is 6.01. The minimum Gasteiger partial charge on any atom is -0.468 e. The molecule has 0 unspecified atom stereocenters. The zero-order chi connectivity index (χ0) is 9.03. The maximum atomic E-state index is 11.6. The van der Waals surface area contributed by atoms with E-state index in [1.165, 1.54) is 12.3 Å². The van der Waals surface area contributed by atoms with Crippen LogP contribution in [0.25, 0.3) is 0 Å². The third-order valence-corrected chi connectivity index (χ3v) is 1.02. The molecule has 1 rings (SSSR count). The average Bonchev–Trinajstić information content (AvgIpc) is 2.02. The predicted molar refractivity (Wildman–Crippen MR) is 35.8 cm³/mol. The lowest BCUT2D eigenvalue weighted by molar-refractivity contribution is -0.154. The van der Waals surface area contributed by atoms with Crippen molar-refractivity contribution < 1.29 is 17.9 Å². The van der Waals surface area contributed by atoms with E-state index < -0.39 is 12.8 Å². The van der Waals surface area contributed by atoms with E-state index in [0.717, 1.165) is 0 Å². The molecule has 1 aromatic rings. The van der Waals surface area contributed by atoms with Gasteiger partial charge in [-0.05, 0) is 6.07 Å². The number of aromatic nitrogens is 1. The fraction of sp³-hybridized carbons (Fsp3) is 0.286. The van der Waals surface area contributed by atoms with Crippen molar-refractivity contribution in [3.63, 3.8) is 0 Å². The number of ether oxygens (including phenoxy) is 1. The Morgan fingerprint density at radius 2 is 2.08 bits per heavy atom. The van der Waals surface area contributed by atoms with Crippen LogP contribution in [0.5, 0.6) is 5.88 Å². The van der Waals surface area contributed by atoms with Crippen LogP contribution in [-0.2, 0) is 0 Å². The van der Waals surface area contributed by atoms with E-state index in [4.69, 9.17) is 0 Å². The average molecular weight is 177 g/mol. The van der Waals surface area contributed by atoms with Crippen LogP contribution in [0.15, 0.2) is 24.4 Å². The minimum atomic E-state index is -4.31. The van der Waals surface area contributed by atoms with E-state index in [1.54, 1.807) is 12.1 Å². The van der Waals surface area contributed by atoms with E-state index in [2.05, 4.69) is 9.72 Å². The molecular weight excluding hydrogens is 171 g/mol. The van der Waals surface area contributed by atoms with Crippen molar-refractivity contribution in [3.8, 4) is 5.88 Å². The molecule has 0 aromatic carbocycles. The van der Waals surface area contributed by atoms with Gasteiger partial charge in [-0.1, -0.05) is 6.07 Å². The Kier molecular flexibility index (Phi) is 2.52. The standard InChI is InChI=1S/C7H6F3NO/c8-7(9,10)5-12-6-3-1-2-4-11-6/h1-4H,5H2. The van der Waals surface area contributed by atoms with Gasteiger partial charge in [0.25, 0.3) is 0 Å². The maximum absolute atomic E-state index is 11.6. The molecule has 2 nitrogen and oxygen atoms in total. The Morgan fingerprint density at radius 1 is 1.33 bits per heavy atom. The van der Waals surface area contributed by atoms with Gasteiger partial charge in [0.1, 0.15) is 0 Å². The van der Waals surface area contributed by atoms with Crippen molar-refractivity contribution in [1.82, 2.24) is 4.98 Å². The lowest BCUT2D eigenvalue weighted by Crippen LogP contribution is -2.19. The van der Waals surface area contributed by atoms with E-state index >= 15 is 0 Å². The number of rotatable bonds is 2. The van der Waals surface area contributed by atoms with Crippen LogP contribution in [0.2, 0.25) is 0 Å². The third kappa shape index (κ3) is 3.23. The van der Waals surface area contributed by atoms with Crippen molar-refractivity contribution in [2.24, 2.45) is 0 Å². The molecule has 66 valence electrons. The molecule has 12 heavy (non-hydrogen) atoms. The maximum Gasteiger partial charge on any atom is 0.422 e. The van der Waals surface area contributed by atoms with Crippen LogP contribution in [0.3, 0.4) is 0 Å². The number of halogens is 3. The van der Waals surface area contributed by atoms with Crippen molar-refractivity contribution in [2.45, 2.75) is 6.18 Å². The summed E-state index contributed by atoms with van der Waals surface area (Å²) >= 11 is 0. The van der Waals surface area contributed by atoms with Gasteiger partial charge in [-0.2, -0.15) is 13.2 Å². The van der Waals surface area contributed by atoms with Crippen molar-refractivity contribution in [1.29, 1.82) is 0 Å². The third-order valence-electron chi connectivity index (χ3n) is 1.02. The number of pyridine rings is 1. The number of hydrogen-bond donors (Lipinski definition) is 0. The van der Waals surface area contributed by atoms with Gasteiger partial charge in [0.05, 0.1) is 0 Å². The summed E-state index contributed by atoms with van der Waals surface area (Å²) in [5, 5.41) is 0. The van der Waals surface area contributed by atoms with Crippen molar-refractivity contribution in [2.75, 3.05) is 6.61 Å². The molecule has 0 atom stereocenters. The molecule has 0 aliphatic carbocycles. The Bertz CT molecular complexity index is 234. The second-order valence-electron chi connectivity index (χ2n) is 2.07. The summed E-state index contributed by atoms with van der Waals surface area (Å²) < 4.78 is 39.1. The molecule has 0 aliphatic heterocycles. The second-order valence-corrected chi connectivity index (χ2v) is 2.07. The molecule has 0 fully saturated rings. The summed E-state index contributed by atoms with van der Waals surface area (Å²) in [4.78, 5) is 3.56. The van der Waals surface area contributed by atoms with Gasteiger partial charge in [-0.15, -0.1) is 0 Å². The summed E-state index contributed by atoms with van der Waals surface area (Å²) in [5.41, 5.74) is 0. The summed E-state index contributed by atoms with van der Waals surface area (Å²) in [7, 11) is 0. The number of nitrogens with zero attached hydrogens (tertiary/aromatic N) is 1. The lowest BCUT2D eigenvalue weighted by atomic mass is 10.5. The first-order valence-corrected chi connectivity index (χ1v) is 3.18. The molecule has 0 spiro atoms. The fourth-order valence-corrected chi connectivity index (χ4v) is 0.588. The van der Waals surface area contributed by atoms with E-state index in [1.807, 2.05) is 0 Å². The Hall–Kier alpha value is -1.26. The monoisotopic (exact) mass is 177 g/mol. The highest BCUT2D eigenvalue weighted by atomic mass is 19.4. The summed E-state index contributed by atoms with van der Waals surface area (Å²) in [6, 6.07) is 4.52. The van der Waals surface area contributed by atoms with Crippen LogP contribution < -0.4 is 4.74 Å². The lowest BCUT2D eigenvalue weighted by Gasteiger charge is -2.06. The second kappa shape index (κ2) is 3.42. The van der Waals surface area contributed by atoms with Crippen LogP contribution >= 0.6 is 0 Å². The van der Waals surface area contributed by atoms with Gasteiger partial charge in [0.15, 0.2) is 6.61 Å². The zero-order valence-corrected chi connectivity index (χ0v) is 6.01. The minimum absolute atomic E-state index is 0.0187. The molecule has 0 saturated carbocycles. The van der Waals surface area contributed by atoms with Gasteiger partial charge in [-0.3, -0.25) is 0 Å². The highest BCUT2D eigenvalue weighted by Crippen LogP contribution is 2.16. The van der Waals surface area contributed by atoms with E-state index in [-0.39, 0.29) is 5.88 Å². The highest BCUT2D eigenvalue weighted by molar-refractivity contribution is 5.09. The van der Waals surface area contributed by atoms with E-state index in [9.17, 15) is 13.2 Å². The number of hydrogen-bond acceptors (Lipinski definition) is 2. The molecule has 0 aliphatic rings.